The van der Waals surface area contributed by atoms with Crippen molar-refractivity contribution in [1.82, 2.24) is 0 Å². The second-order valence-electron chi connectivity index (χ2n) is 6.13. The Morgan fingerprint density at radius 3 is 2.74 bits per heavy atom. The predicted molar refractivity (Wildman–Crippen MR) is 76.6 cm³/mol. The summed E-state index contributed by atoms with van der Waals surface area (Å²) in [6, 6.07) is 4.78. The van der Waals surface area contributed by atoms with Gasteiger partial charge in [0.25, 0.3) is 0 Å². The quantitative estimate of drug-likeness (QED) is 0.829. The Morgan fingerprint density at radius 1 is 1.32 bits per heavy atom. The first-order valence-corrected chi connectivity index (χ1v) is 7.19. The fraction of sp³-hybridized carbons (Fsp3) is 0.625. The average molecular weight is 265 g/mol. The van der Waals surface area contributed by atoms with Crippen LogP contribution in [0.25, 0.3) is 0 Å². The summed E-state index contributed by atoms with van der Waals surface area (Å²) >= 11 is 0. The van der Waals surface area contributed by atoms with Gasteiger partial charge in [-0.25, -0.2) is 4.39 Å². The molecule has 0 saturated heterocycles. The Morgan fingerprint density at radius 2 is 2.05 bits per heavy atom. The highest BCUT2D eigenvalue weighted by Crippen LogP contribution is 2.37. The van der Waals surface area contributed by atoms with Gasteiger partial charge in [0.05, 0.1) is 0 Å². The van der Waals surface area contributed by atoms with Gasteiger partial charge in [-0.2, -0.15) is 0 Å². The first-order valence-electron chi connectivity index (χ1n) is 7.19. The van der Waals surface area contributed by atoms with Gasteiger partial charge in [-0.05, 0) is 42.7 Å². The maximum atomic E-state index is 13.5. The molecular weight excluding hydrogens is 241 g/mol. The van der Waals surface area contributed by atoms with Gasteiger partial charge in [0, 0.05) is 0 Å². The highest BCUT2D eigenvalue weighted by atomic mass is 19.1. The van der Waals surface area contributed by atoms with Crippen molar-refractivity contribution >= 4 is 5.69 Å². The number of halogens is 1. The molecule has 0 spiro atoms. The van der Waals surface area contributed by atoms with E-state index in [0.29, 0.717) is 23.5 Å². The Balaban J connectivity index is 2.16. The molecule has 0 bridgehead atoms. The van der Waals surface area contributed by atoms with Crippen molar-refractivity contribution in [3.8, 4) is 5.75 Å². The molecule has 1 aromatic carbocycles. The van der Waals surface area contributed by atoms with Crippen LogP contribution in [0.2, 0.25) is 0 Å². The molecule has 0 heterocycles. The zero-order valence-corrected chi connectivity index (χ0v) is 12.0. The van der Waals surface area contributed by atoms with Crippen LogP contribution in [0.5, 0.6) is 5.75 Å². The van der Waals surface area contributed by atoms with E-state index in [1.54, 1.807) is 12.1 Å². The second kappa shape index (κ2) is 5.81. The smallest absolute Gasteiger partial charge is 0.149 e. The molecule has 1 aromatic rings. The summed E-state index contributed by atoms with van der Waals surface area (Å²) in [6.07, 6.45) is 3.60. The molecule has 2 N–H and O–H groups in total. The summed E-state index contributed by atoms with van der Waals surface area (Å²) in [5.74, 6) is 1.85. The van der Waals surface area contributed by atoms with Crippen LogP contribution in [0.15, 0.2) is 18.2 Å². The number of rotatable bonds is 3. The van der Waals surface area contributed by atoms with E-state index in [4.69, 9.17) is 10.5 Å². The lowest BCUT2D eigenvalue weighted by atomic mass is 9.75. The third kappa shape index (κ3) is 3.20. The molecule has 106 valence electrons. The molecular formula is C16H24FNO. The zero-order valence-electron chi connectivity index (χ0n) is 12.0. The monoisotopic (exact) mass is 265 g/mol. The van der Waals surface area contributed by atoms with E-state index in [2.05, 4.69) is 20.8 Å². The van der Waals surface area contributed by atoms with E-state index in [1.165, 1.54) is 18.9 Å². The van der Waals surface area contributed by atoms with Gasteiger partial charge in [0.2, 0.25) is 0 Å². The van der Waals surface area contributed by atoms with E-state index in [1.807, 2.05) is 0 Å². The molecule has 0 aliphatic heterocycles. The lowest BCUT2D eigenvalue weighted by Gasteiger charge is -2.37. The summed E-state index contributed by atoms with van der Waals surface area (Å²) in [6.45, 7) is 6.71. The molecule has 0 aromatic heterocycles. The number of benzene rings is 1. The molecule has 1 aliphatic carbocycles. The van der Waals surface area contributed by atoms with Gasteiger partial charge >= 0.3 is 0 Å². The van der Waals surface area contributed by atoms with E-state index in [-0.39, 0.29) is 11.8 Å². The van der Waals surface area contributed by atoms with Crippen molar-refractivity contribution in [3.05, 3.63) is 24.0 Å². The van der Waals surface area contributed by atoms with Crippen LogP contribution in [0.3, 0.4) is 0 Å². The number of anilines is 1. The molecule has 3 heteroatoms. The van der Waals surface area contributed by atoms with E-state index in [9.17, 15) is 4.39 Å². The Labute approximate surface area is 115 Å². The third-order valence-corrected chi connectivity index (χ3v) is 4.25. The maximum Gasteiger partial charge on any atom is 0.149 e. The molecule has 0 radical (unpaired) electrons. The topological polar surface area (TPSA) is 35.2 Å². The molecule has 0 amide bonds. The minimum atomic E-state index is -0.401. The van der Waals surface area contributed by atoms with Crippen molar-refractivity contribution in [3.63, 3.8) is 0 Å². The Bertz CT molecular complexity index is 433. The summed E-state index contributed by atoms with van der Waals surface area (Å²) in [4.78, 5) is 0. The summed E-state index contributed by atoms with van der Waals surface area (Å²) in [5, 5.41) is 0. The highest BCUT2D eigenvalue weighted by Gasteiger charge is 2.32. The summed E-state index contributed by atoms with van der Waals surface area (Å²) in [5.41, 5.74) is 5.88. The first-order chi connectivity index (χ1) is 8.99. The van der Waals surface area contributed by atoms with Crippen LogP contribution in [0.1, 0.15) is 40.0 Å². The SMILES string of the molecule is CC1CCC(C(C)C)C(Oc2cccc(F)c2N)C1. The van der Waals surface area contributed by atoms with Crippen molar-refractivity contribution in [2.45, 2.75) is 46.1 Å². The zero-order chi connectivity index (χ0) is 14.0. The van der Waals surface area contributed by atoms with Crippen molar-refractivity contribution in [2.24, 2.45) is 17.8 Å². The normalized spacial score (nSPS) is 27.5. The van der Waals surface area contributed by atoms with Crippen LogP contribution in [0.4, 0.5) is 10.1 Å². The molecule has 1 aliphatic rings. The standard InChI is InChI=1S/C16H24FNO/c1-10(2)12-8-7-11(3)9-15(12)19-14-6-4-5-13(17)16(14)18/h4-6,10-12,15H,7-9,18H2,1-3H3. The lowest BCUT2D eigenvalue weighted by Crippen LogP contribution is -2.36. The maximum absolute atomic E-state index is 13.5. The minimum absolute atomic E-state index is 0.128. The molecule has 19 heavy (non-hydrogen) atoms. The summed E-state index contributed by atoms with van der Waals surface area (Å²) < 4.78 is 19.5. The molecule has 3 atom stereocenters. The van der Waals surface area contributed by atoms with Gasteiger partial charge in [0.15, 0.2) is 0 Å². The summed E-state index contributed by atoms with van der Waals surface area (Å²) in [7, 11) is 0. The van der Waals surface area contributed by atoms with Gasteiger partial charge in [-0.3, -0.25) is 0 Å². The number of nitrogen functional groups attached to an aromatic ring is 1. The Hall–Kier alpha value is -1.25. The van der Waals surface area contributed by atoms with E-state index in [0.717, 1.165) is 6.42 Å². The molecule has 2 nitrogen and oxygen atoms in total. The van der Waals surface area contributed by atoms with Crippen LogP contribution in [0, 0.1) is 23.6 Å². The van der Waals surface area contributed by atoms with Gasteiger partial charge in [0.1, 0.15) is 23.4 Å². The van der Waals surface area contributed by atoms with Crippen LogP contribution in [-0.2, 0) is 0 Å². The van der Waals surface area contributed by atoms with Gasteiger partial charge in [-0.15, -0.1) is 0 Å². The second-order valence-corrected chi connectivity index (χ2v) is 6.13. The van der Waals surface area contributed by atoms with Gasteiger partial charge < -0.3 is 10.5 Å². The van der Waals surface area contributed by atoms with Crippen LogP contribution in [-0.4, -0.2) is 6.10 Å². The van der Waals surface area contributed by atoms with Crippen molar-refractivity contribution in [1.29, 1.82) is 0 Å². The van der Waals surface area contributed by atoms with Crippen LogP contribution < -0.4 is 10.5 Å². The average Bonchev–Trinajstić information content (AvgIpc) is 2.35. The fourth-order valence-corrected chi connectivity index (χ4v) is 3.03. The number of ether oxygens (including phenoxy) is 1. The van der Waals surface area contributed by atoms with Crippen LogP contribution >= 0.6 is 0 Å². The van der Waals surface area contributed by atoms with E-state index < -0.39 is 5.82 Å². The lowest BCUT2D eigenvalue weighted by molar-refractivity contribution is 0.0464. The Kier molecular flexibility index (Phi) is 4.33. The van der Waals surface area contributed by atoms with E-state index >= 15 is 0 Å². The first kappa shape index (κ1) is 14.2. The molecule has 1 fully saturated rings. The number of para-hydroxylation sites is 1. The number of nitrogens with two attached hydrogens (primary N) is 1. The predicted octanol–water partition coefficient (Wildman–Crippen LogP) is 4.25. The van der Waals surface area contributed by atoms with Gasteiger partial charge in [-0.1, -0.05) is 33.3 Å². The highest BCUT2D eigenvalue weighted by molar-refractivity contribution is 5.53. The molecule has 3 unspecified atom stereocenters. The molecule has 2 rings (SSSR count). The largest absolute Gasteiger partial charge is 0.488 e. The molecule has 1 saturated carbocycles. The van der Waals surface area contributed by atoms with Crippen molar-refractivity contribution < 1.29 is 9.13 Å². The fourth-order valence-electron chi connectivity index (χ4n) is 3.03. The van der Waals surface area contributed by atoms with Crippen molar-refractivity contribution in [2.75, 3.05) is 5.73 Å². The number of hydrogen-bond acceptors (Lipinski definition) is 2. The third-order valence-electron chi connectivity index (χ3n) is 4.25. The number of hydrogen-bond donors (Lipinski definition) is 1. The minimum Gasteiger partial charge on any atom is -0.488 e.